The first-order valence-electron chi connectivity index (χ1n) is 11.0. The van der Waals surface area contributed by atoms with Crippen molar-refractivity contribution >= 4 is 24.0 Å². The number of amides is 2. The van der Waals surface area contributed by atoms with Gasteiger partial charge in [0.25, 0.3) is 6.36 Å². The molecular formula is C26H23F4NO4. The summed E-state index contributed by atoms with van der Waals surface area (Å²) in [6.45, 7) is 7.41. The molecule has 2 aromatic carbocycles. The molecule has 0 saturated heterocycles. The van der Waals surface area contributed by atoms with E-state index in [0.29, 0.717) is 23.3 Å². The predicted molar refractivity (Wildman–Crippen MR) is 121 cm³/mol. The number of ether oxygens (including phenoxy) is 2. The van der Waals surface area contributed by atoms with Crippen LogP contribution in [0.2, 0.25) is 0 Å². The molecule has 0 N–H and O–H groups in total. The zero-order valence-corrected chi connectivity index (χ0v) is 18.7. The second kappa shape index (κ2) is 9.56. The molecule has 2 aliphatic heterocycles. The molecule has 2 amide bonds. The van der Waals surface area contributed by atoms with Crippen molar-refractivity contribution in [2.24, 2.45) is 5.92 Å². The lowest BCUT2D eigenvalue weighted by Crippen LogP contribution is -2.57. The summed E-state index contributed by atoms with van der Waals surface area (Å²) in [5.41, 5.74) is 2.61. The molecule has 9 heteroatoms. The van der Waals surface area contributed by atoms with Crippen molar-refractivity contribution in [3.63, 3.8) is 0 Å². The SMILES string of the molecule is C=Cc1ccc2c(c1)CC(CC(=O)N(C(=O)C(F)(F)F)C1Cc3cc(C=C)ccc3O[C@@H]1F)CO2. The Hall–Kier alpha value is -3.62. The molecule has 4 rings (SSSR count). The molecule has 35 heavy (non-hydrogen) atoms. The van der Waals surface area contributed by atoms with Crippen molar-refractivity contribution in [2.75, 3.05) is 6.61 Å². The molecule has 0 radical (unpaired) electrons. The highest BCUT2D eigenvalue weighted by molar-refractivity contribution is 5.98. The fourth-order valence-corrected chi connectivity index (χ4v) is 4.39. The molecule has 0 fully saturated rings. The van der Waals surface area contributed by atoms with Gasteiger partial charge in [0, 0.05) is 18.8 Å². The van der Waals surface area contributed by atoms with Crippen molar-refractivity contribution < 1.29 is 36.6 Å². The van der Waals surface area contributed by atoms with Crippen LogP contribution in [0.3, 0.4) is 0 Å². The number of carbonyl (C=O) groups excluding carboxylic acids is 2. The number of imide groups is 1. The molecule has 0 saturated carbocycles. The molecular weight excluding hydrogens is 466 g/mol. The van der Waals surface area contributed by atoms with Gasteiger partial charge < -0.3 is 9.47 Å². The predicted octanol–water partition coefficient (Wildman–Crippen LogP) is 5.13. The minimum absolute atomic E-state index is 0.0239. The lowest BCUT2D eigenvalue weighted by atomic mass is 9.91. The largest absolute Gasteiger partial charge is 0.493 e. The highest BCUT2D eigenvalue weighted by Gasteiger charge is 2.50. The van der Waals surface area contributed by atoms with Crippen molar-refractivity contribution in [1.29, 1.82) is 0 Å². The number of alkyl halides is 4. The Morgan fingerprint density at radius 3 is 2.20 bits per heavy atom. The van der Waals surface area contributed by atoms with Crippen LogP contribution in [0.4, 0.5) is 17.6 Å². The van der Waals surface area contributed by atoms with Crippen LogP contribution in [0.1, 0.15) is 28.7 Å². The molecule has 184 valence electrons. The third-order valence-electron chi connectivity index (χ3n) is 6.12. The molecule has 0 spiro atoms. The Balaban J connectivity index is 1.59. The first kappa shape index (κ1) is 24.5. The molecule has 3 atom stereocenters. The van der Waals surface area contributed by atoms with Gasteiger partial charge in [-0.15, -0.1) is 0 Å². The Kier molecular flexibility index (Phi) is 6.69. The molecule has 2 aromatic rings. The van der Waals surface area contributed by atoms with Gasteiger partial charge in [0.2, 0.25) is 5.91 Å². The average molecular weight is 489 g/mol. The van der Waals surface area contributed by atoms with Gasteiger partial charge in [-0.3, -0.25) is 14.5 Å². The van der Waals surface area contributed by atoms with Crippen LogP contribution >= 0.6 is 0 Å². The van der Waals surface area contributed by atoms with Gasteiger partial charge in [-0.25, -0.2) is 0 Å². The molecule has 2 heterocycles. The van der Waals surface area contributed by atoms with Gasteiger partial charge in [0.05, 0.1) is 6.61 Å². The summed E-state index contributed by atoms with van der Waals surface area (Å²) in [4.78, 5) is 25.4. The molecule has 5 nitrogen and oxygen atoms in total. The van der Waals surface area contributed by atoms with E-state index in [9.17, 15) is 27.2 Å². The third kappa shape index (κ3) is 5.08. The van der Waals surface area contributed by atoms with Gasteiger partial charge in [0.1, 0.15) is 17.5 Å². The van der Waals surface area contributed by atoms with Crippen molar-refractivity contribution in [2.45, 2.75) is 37.8 Å². The molecule has 0 aromatic heterocycles. The Morgan fingerprint density at radius 1 is 1.00 bits per heavy atom. The highest BCUT2D eigenvalue weighted by Crippen LogP contribution is 2.35. The first-order chi connectivity index (χ1) is 16.6. The van der Waals surface area contributed by atoms with Crippen LogP contribution in [0.5, 0.6) is 11.5 Å². The maximum atomic E-state index is 14.9. The smallest absolute Gasteiger partial charge is 0.471 e. The summed E-state index contributed by atoms with van der Waals surface area (Å²) in [5.74, 6) is -3.30. The van der Waals surface area contributed by atoms with E-state index in [0.717, 1.165) is 11.1 Å². The fourth-order valence-electron chi connectivity index (χ4n) is 4.39. The summed E-state index contributed by atoms with van der Waals surface area (Å²) in [6, 6.07) is 8.27. The second-order valence-corrected chi connectivity index (χ2v) is 8.53. The van der Waals surface area contributed by atoms with Crippen LogP contribution < -0.4 is 9.47 Å². The van der Waals surface area contributed by atoms with E-state index in [2.05, 4.69) is 13.2 Å². The lowest BCUT2D eigenvalue weighted by molar-refractivity contribution is -0.194. The van der Waals surface area contributed by atoms with Crippen LogP contribution in [0, 0.1) is 5.92 Å². The van der Waals surface area contributed by atoms with Crippen LogP contribution in [-0.2, 0) is 22.4 Å². The molecule has 2 aliphatic rings. The number of rotatable bonds is 5. The Bertz CT molecular complexity index is 1180. The average Bonchev–Trinajstić information content (AvgIpc) is 2.83. The van der Waals surface area contributed by atoms with Crippen LogP contribution in [0.25, 0.3) is 12.2 Å². The van der Waals surface area contributed by atoms with E-state index >= 15 is 0 Å². The molecule has 0 aliphatic carbocycles. The summed E-state index contributed by atoms with van der Waals surface area (Å²) < 4.78 is 66.1. The van der Waals surface area contributed by atoms with E-state index in [1.165, 1.54) is 12.1 Å². The maximum absolute atomic E-state index is 14.9. The lowest BCUT2D eigenvalue weighted by Gasteiger charge is -2.37. The summed E-state index contributed by atoms with van der Waals surface area (Å²) in [6.07, 6.45) is -4.93. The fraction of sp³-hybridized carbons (Fsp3) is 0.308. The molecule has 0 bridgehead atoms. The highest BCUT2D eigenvalue weighted by atomic mass is 19.4. The van der Waals surface area contributed by atoms with Gasteiger partial charge in [-0.2, -0.15) is 17.6 Å². The van der Waals surface area contributed by atoms with Gasteiger partial charge in [0.15, 0.2) is 0 Å². The zero-order valence-electron chi connectivity index (χ0n) is 18.7. The Morgan fingerprint density at radius 2 is 1.60 bits per heavy atom. The second-order valence-electron chi connectivity index (χ2n) is 8.53. The van der Waals surface area contributed by atoms with Gasteiger partial charge in [-0.05, 0) is 52.9 Å². The number of halogens is 4. The summed E-state index contributed by atoms with van der Waals surface area (Å²) >= 11 is 0. The van der Waals surface area contributed by atoms with E-state index in [1.807, 2.05) is 6.07 Å². The van der Waals surface area contributed by atoms with Crippen LogP contribution in [0.15, 0.2) is 49.6 Å². The zero-order chi connectivity index (χ0) is 25.3. The van der Waals surface area contributed by atoms with Gasteiger partial charge in [-0.1, -0.05) is 37.4 Å². The number of carbonyl (C=O) groups is 2. The quantitative estimate of drug-likeness (QED) is 0.547. The van der Waals surface area contributed by atoms with Crippen molar-refractivity contribution in [1.82, 2.24) is 4.90 Å². The minimum atomic E-state index is -5.37. The van der Waals surface area contributed by atoms with Crippen molar-refractivity contribution in [3.8, 4) is 11.5 Å². The Labute approximate surface area is 199 Å². The van der Waals surface area contributed by atoms with E-state index in [-0.39, 0.29) is 23.7 Å². The maximum Gasteiger partial charge on any atom is 0.471 e. The third-order valence-corrected chi connectivity index (χ3v) is 6.12. The summed E-state index contributed by atoms with van der Waals surface area (Å²) in [5, 5.41) is 0. The monoisotopic (exact) mass is 489 g/mol. The number of hydrogen-bond donors (Lipinski definition) is 0. The van der Waals surface area contributed by atoms with Gasteiger partial charge >= 0.3 is 12.1 Å². The van der Waals surface area contributed by atoms with E-state index in [1.54, 1.807) is 30.3 Å². The standard InChI is InChI=1S/C26H23F4NO4/c1-3-15-5-7-21-18(9-15)11-17(14-34-21)12-23(32)31(25(33)26(28,29)30)20-13-19-10-16(4-2)6-8-22(19)35-24(20)27/h3-10,17,20,24H,1-2,11-14H2/t17?,20?,24-/m0/s1. The molecule has 2 unspecified atom stereocenters. The minimum Gasteiger partial charge on any atom is -0.493 e. The van der Waals surface area contributed by atoms with E-state index < -0.39 is 42.7 Å². The van der Waals surface area contributed by atoms with E-state index in [4.69, 9.17) is 9.47 Å². The first-order valence-corrected chi connectivity index (χ1v) is 11.0. The van der Waals surface area contributed by atoms with Crippen molar-refractivity contribution in [3.05, 3.63) is 71.8 Å². The number of fused-ring (bicyclic) bond motifs is 2. The normalized spacial score (nSPS) is 21.0. The van der Waals surface area contributed by atoms with Crippen LogP contribution in [-0.4, -0.2) is 41.9 Å². The topological polar surface area (TPSA) is 55.8 Å². The number of hydrogen-bond acceptors (Lipinski definition) is 4. The summed E-state index contributed by atoms with van der Waals surface area (Å²) in [7, 11) is 0. The number of nitrogens with zero attached hydrogens (tertiary/aromatic N) is 1. The number of benzene rings is 2.